The van der Waals surface area contributed by atoms with Crippen LogP contribution in [-0.2, 0) is 0 Å². The van der Waals surface area contributed by atoms with Crippen LogP contribution < -0.4 is 0 Å². The Bertz CT molecular complexity index is 2480. The van der Waals surface area contributed by atoms with Crippen molar-refractivity contribution in [3.8, 4) is 11.8 Å². The fraction of sp³-hybridized carbons (Fsp3) is 0.0789. The van der Waals surface area contributed by atoms with Gasteiger partial charge in [0.05, 0.1) is 22.7 Å². The van der Waals surface area contributed by atoms with E-state index in [2.05, 4.69) is 109 Å². The molecule has 1 unspecified atom stereocenters. The van der Waals surface area contributed by atoms with Crippen molar-refractivity contribution in [1.29, 1.82) is 5.26 Å². The summed E-state index contributed by atoms with van der Waals surface area (Å²) in [4.78, 5) is 0. The van der Waals surface area contributed by atoms with Crippen LogP contribution in [0.15, 0.2) is 112 Å². The van der Waals surface area contributed by atoms with Crippen LogP contribution in [0.3, 0.4) is 0 Å². The Balaban J connectivity index is 1.25. The molecule has 3 aromatic heterocycles. The summed E-state index contributed by atoms with van der Waals surface area (Å²) in [6.45, 7) is 2.12. The Morgan fingerprint density at radius 3 is 2.50 bits per heavy atom. The summed E-state index contributed by atoms with van der Waals surface area (Å²) in [7, 11) is 0. The highest BCUT2D eigenvalue weighted by Crippen LogP contribution is 2.45. The number of hydrogen-bond acceptors (Lipinski definition) is 3. The summed E-state index contributed by atoms with van der Waals surface area (Å²) in [5.74, 6) is 1.09. The van der Waals surface area contributed by atoms with Crippen LogP contribution in [0.1, 0.15) is 40.4 Å². The topological polar surface area (TPSA) is 55.0 Å². The maximum atomic E-state index is 9.53. The number of rotatable bonds is 2. The Kier molecular flexibility index (Phi) is 4.69. The van der Waals surface area contributed by atoms with Gasteiger partial charge in [-0.25, -0.2) is 0 Å². The number of furan rings is 2. The number of aryl methyl sites for hydroxylation is 1. The van der Waals surface area contributed by atoms with E-state index in [-0.39, 0.29) is 5.92 Å². The number of nitrogens with zero attached hydrogens (tertiary/aromatic N) is 2. The van der Waals surface area contributed by atoms with Crippen LogP contribution in [0.5, 0.6) is 0 Å². The van der Waals surface area contributed by atoms with E-state index in [4.69, 9.17) is 8.83 Å². The van der Waals surface area contributed by atoms with Gasteiger partial charge in [-0.15, -0.1) is 0 Å². The van der Waals surface area contributed by atoms with Crippen LogP contribution in [0, 0.1) is 18.3 Å². The summed E-state index contributed by atoms with van der Waals surface area (Å²) in [6, 6.07) is 35.9. The monoisotopic (exact) mass is 540 g/mol. The zero-order chi connectivity index (χ0) is 27.9. The number of hydrogen-bond donors (Lipinski definition) is 0. The van der Waals surface area contributed by atoms with E-state index < -0.39 is 0 Å². The Morgan fingerprint density at radius 1 is 0.738 bits per heavy atom. The first-order chi connectivity index (χ1) is 20.7. The lowest BCUT2D eigenvalue weighted by atomic mass is 9.86. The summed E-state index contributed by atoms with van der Waals surface area (Å²) >= 11 is 0. The molecule has 8 aromatic rings. The highest BCUT2D eigenvalue weighted by Gasteiger charge is 2.28. The molecule has 0 saturated carbocycles. The van der Waals surface area contributed by atoms with E-state index in [1.165, 1.54) is 16.5 Å². The third-order valence-electron chi connectivity index (χ3n) is 8.83. The van der Waals surface area contributed by atoms with Gasteiger partial charge in [-0.3, -0.25) is 0 Å². The van der Waals surface area contributed by atoms with Crippen LogP contribution in [0.4, 0.5) is 0 Å². The maximum Gasteiger partial charge on any atom is 0.139 e. The van der Waals surface area contributed by atoms with Gasteiger partial charge in [-0.2, -0.15) is 5.26 Å². The quantitative estimate of drug-likeness (QED) is 0.219. The molecule has 198 valence electrons. The molecule has 3 heterocycles. The van der Waals surface area contributed by atoms with Gasteiger partial charge in [0.2, 0.25) is 0 Å². The standard InChI is InChI=1S/C38H24N2O2/c1-22-12-16-35-31(18-22)28-9-4-7-26(37(28)41-35)27-8-5-10-29-32-20-24(14-17-36(32)42-38(27)29)40-33-11-3-2-6-25(33)30-19-23(21-39)13-15-34(30)40/h2-6,8-20,26H,7H2,1H3. The minimum Gasteiger partial charge on any atom is -0.460 e. The Morgan fingerprint density at radius 2 is 1.57 bits per heavy atom. The Labute approximate surface area is 241 Å². The molecule has 0 bridgehead atoms. The smallest absolute Gasteiger partial charge is 0.139 e. The molecule has 9 rings (SSSR count). The number of fused-ring (bicyclic) bond motifs is 9. The van der Waals surface area contributed by atoms with E-state index >= 15 is 0 Å². The third kappa shape index (κ3) is 3.16. The molecule has 5 aromatic carbocycles. The zero-order valence-corrected chi connectivity index (χ0v) is 22.9. The van der Waals surface area contributed by atoms with Crippen LogP contribution in [0.25, 0.3) is 66.5 Å². The number of benzene rings is 5. The Hall–Kier alpha value is -5.53. The molecule has 1 aliphatic rings. The van der Waals surface area contributed by atoms with Crippen LogP contribution >= 0.6 is 0 Å². The second kappa shape index (κ2) is 8.49. The van der Waals surface area contributed by atoms with Gasteiger partial charge in [-0.1, -0.05) is 60.2 Å². The largest absolute Gasteiger partial charge is 0.460 e. The van der Waals surface area contributed by atoms with Gasteiger partial charge in [0.15, 0.2) is 0 Å². The number of para-hydroxylation sites is 2. The normalized spacial score (nSPS) is 14.8. The van der Waals surface area contributed by atoms with E-state index in [1.54, 1.807) is 0 Å². The molecule has 0 saturated heterocycles. The molecule has 1 aliphatic carbocycles. The summed E-state index contributed by atoms with van der Waals surface area (Å²) in [5, 5.41) is 15.1. The fourth-order valence-electron chi connectivity index (χ4n) is 6.92. The predicted molar refractivity (Wildman–Crippen MR) is 169 cm³/mol. The molecular formula is C38H24N2O2. The third-order valence-corrected chi connectivity index (χ3v) is 8.83. The second-order valence-electron chi connectivity index (χ2n) is 11.3. The lowest BCUT2D eigenvalue weighted by Gasteiger charge is -2.18. The summed E-state index contributed by atoms with van der Waals surface area (Å²) < 4.78 is 15.4. The second-order valence-corrected chi connectivity index (χ2v) is 11.3. The minimum atomic E-state index is 0.0769. The number of aromatic nitrogens is 1. The van der Waals surface area contributed by atoms with Gasteiger partial charge in [0.1, 0.15) is 22.5 Å². The van der Waals surface area contributed by atoms with Crippen LogP contribution in [0.2, 0.25) is 0 Å². The molecule has 1 atom stereocenters. The van der Waals surface area contributed by atoms with Gasteiger partial charge in [-0.05, 0) is 67.9 Å². The van der Waals surface area contributed by atoms with Gasteiger partial charge >= 0.3 is 0 Å². The lowest BCUT2D eigenvalue weighted by Crippen LogP contribution is -2.04. The summed E-state index contributed by atoms with van der Waals surface area (Å²) in [6.07, 6.45) is 5.32. The average molecular weight is 541 g/mol. The molecule has 0 N–H and O–H groups in total. The molecular weight excluding hydrogens is 516 g/mol. The number of nitriles is 1. The molecule has 0 fully saturated rings. The lowest BCUT2D eigenvalue weighted by molar-refractivity contribution is 0.514. The van der Waals surface area contributed by atoms with Crippen molar-refractivity contribution in [2.45, 2.75) is 19.3 Å². The molecule has 4 heteroatoms. The first-order valence-corrected chi connectivity index (χ1v) is 14.3. The average Bonchev–Trinajstić information content (AvgIpc) is 3.69. The van der Waals surface area contributed by atoms with Crippen molar-refractivity contribution in [2.24, 2.45) is 0 Å². The van der Waals surface area contributed by atoms with E-state index in [1.807, 2.05) is 18.2 Å². The van der Waals surface area contributed by atoms with Crippen molar-refractivity contribution >= 4 is 60.8 Å². The van der Waals surface area contributed by atoms with Gasteiger partial charge < -0.3 is 13.4 Å². The van der Waals surface area contributed by atoms with Crippen molar-refractivity contribution in [2.75, 3.05) is 0 Å². The molecule has 42 heavy (non-hydrogen) atoms. The molecule has 0 radical (unpaired) electrons. The molecule has 0 aliphatic heterocycles. The first kappa shape index (κ1) is 23.2. The van der Waals surface area contributed by atoms with Crippen LogP contribution in [-0.4, -0.2) is 4.57 Å². The highest BCUT2D eigenvalue weighted by molar-refractivity contribution is 6.11. The van der Waals surface area contributed by atoms with Crippen molar-refractivity contribution in [3.63, 3.8) is 0 Å². The van der Waals surface area contributed by atoms with Gasteiger partial charge in [0.25, 0.3) is 0 Å². The van der Waals surface area contributed by atoms with Crippen molar-refractivity contribution < 1.29 is 8.83 Å². The van der Waals surface area contributed by atoms with Crippen molar-refractivity contribution in [1.82, 2.24) is 4.57 Å². The van der Waals surface area contributed by atoms with Gasteiger partial charge in [0, 0.05) is 49.7 Å². The highest BCUT2D eigenvalue weighted by atomic mass is 16.3. The SMILES string of the molecule is Cc1ccc2oc3c(c2c1)C=CCC3c1cccc2c1oc1ccc(-n3c4ccccc4c4cc(C#N)ccc43)cc12. The van der Waals surface area contributed by atoms with E-state index in [0.717, 1.165) is 72.8 Å². The number of allylic oxidation sites excluding steroid dienone is 1. The minimum absolute atomic E-state index is 0.0769. The van der Waals surface area contributed by atoms with E-state index in [9.17, 15) is 5.26 Å². The first-order valence-electron chi connectivity index (χ1n) is 14.3. The molecule has 4 nitrogen and oxygen atoms in total. The maximum absolute atomic E-state index is 9.53. The fourth-order valence-corrected chi connectivity index (χ4v) is 6.92. The zero-order valence-electron chi connectivity index (χ0n) is 22.9. The predicted octanol–water partition coefficient (Wildman–Crippen LogP) is 10.2. The van der Waals surface area contributed by atoms with E-state index in [0.29, 0.717) is 5.56 Å². The molecule has 0 amide bonds. The molecule has 0 spiro atoms. The van der Waals surface area contributed by atoms with Crippen molar-refractivity contribution in [3.05, 3.63) is 131 Å². The summed E-state index contributed by atoms with van der Waals surface area (Å²) in [5.41, 5.74) is 10.1.